The van der Waals surface area contributed by atoms with E-state index in [1.807, 2.05) is 36.4 Å². The minimum absolute atomic E-state index is 0.0610. The van der Waals surface area contributed by atoms with Gasteiger partial charge in [0.05, 0.1) is 11.6 Å². The summed E-state index contributed by atoms with van der Waals surface area (Å²) in [7, 11) is 0. The van der Waals surface area contributed by atoms with E-state index in [9.17, 15) is 9.59 Å². The number of carbonyl (C=O) groups is 2. The first kappa shape index (κ1) is 17.3. The lowest BCUT2D eigenvalue weighted by Gasteiger charge is -2.27. The van der Waals surface area contributed by atoms with Crippen LogP contribution in [0.5, 0.6) is 0 Å². The van der Waals surface area contributed by atoms with Gasteiger partial charge in [-0.1, -0.05) is 31.0 Å². The molecule has 1 unspecified atom stereocenters. The Morgan fingerprint density at radius 3 is 2.74 bits per heavy atom. The van der Waals surface area contributed by atoms with Gasteiger partial charge in [0.1, 0.15) is 0 Å². The minimum Gasteiger partial charge on any atom is -0.326 e. The van der Waals surface area contributed by atoms with Gasteiger partial charge in [-0.05, 0) is 48.2 Å². The average molecular weight is 359 g/mol. The Morgan fingerprint density at radius 1 is 1.15 bits per heavy atom. The van der Waals surface area contributed by atoms with Crippen LogP contribution in [0.25, 0.3) is 0 Å². The summed E-state index contributed by atoms with van der Waals surface area (Å²) in [6, 6.07) is 15.2. The Hall–Kier alpha value is -3.13. The molecule has 1 aliphatic heterocycles. The van der Waals surface area contributed by atoms with Crippen LogP contribution in [0.2, 0.25) is 0 Å². The fourth-order valence-corrected chi connectivity index (χ4v) is 4.10. The largest absolute Gasteiger partial charge is 0.326 e. The second-order valence-corrected chi connectivity index (χ2v) is 7.31. The summed E-state index contributed by atoms with van der Waals surface area (Å²) in [6.45, 7) is 0. The molecule has 2 aromatic carbocycles. The number of nitriles is 1. The summed E-state index contributed by atoms with van der Waals surface area (Å²) in [4.78, 5) is 24.6. The molecule has 2 amide bonds. The van der Waals surface area contributed by atoms with Gasteiger partial charge in [-0.15, -0.1) is 0 Å². The van der Waals surface area contributed by atoms with E-state index < -0.39 is 0 Å². The average Bonchev–Trinajstić information content (AvgIpc) is 3.22. The summed E-state index contributed by atoms with van der Waals surface area (Å²) in [5.41, 5.74) is 3.97. The third kappa shape index (κ3) is 3.56. The summed E-state index contributed by atoms with van der Waals surface area (Å²) < 4.78 is 0. The molecular weight excluding hydrogens is 338 g/mol. The van der Waals surface area contributed by atoms with Crippen LogP contribution in [0, 0.1) is 17.2 Å². The van der Waals surface area contributed by atoms with Gasteiger partial charge in [-0.2, -0.15) is 5.26 Å². The second kappa shape index (κ2) is 7.24. The molecule has 1 atom stereocenters. The molecule has 2 aromatic rings. The molecule has 1 saturated carbocycles. The molecule has 4 rings (SSSR count). The zero-order valence-corrected chi connectivity index (χ0v) is 15.0. The van der Waals surface area contributed by atoms with Crippen molar-refractivity contribution in [3.05, 3.63) is 59.2 Å². The third-order valence-corrected chi connectivity index (χ3v) is 5.50. The molecule has 2 aliphatic rings. The van der Waals surface area contributed by atoms with E-state index >= 15 is 0 Å². The van der Waals surface area contributed by atoms with Crippen molar-refractivity contribution in [2.75, 3.05) is 10.6 Å². The normalized spacial score (nSPS) is 19.1. The maximum atomic E-state index is 12.4. The highest BCUT2D eigenvalue weighted by Crippen LogP contribution is 2.38. The molecule has 0 saturated heterocycles. The Bertz CT molecular complexity index is 939. The van der Waals surface area contributed by atoms with Crippen molar-refractivity contribution in [2.24, 2.45) is 5.92 Å². The lowest BCUT2D eigenvalue weighted by atomic mass is 9.84. The van der Waals surface area contributed by atoms with Crippen molar-refractivity contribution in [1.29, 1.82) is 5.26 Å². The number of carbonyl (C=O) groups excluding carboxylic acids is 2. The van der Waals surface area contributed by atoms with E-state index in [2.05, 4.69) is 16.7 Å². The highest BCUT2D eigenvalue weighted by atomic mass is 16.2. The maximum absolute atomic E-state index is 12.4. The number of hydrogen-bond donors (Lipinski definition) is 2. The molecule has 1 aliphatic carbocycles. The van der Waals surface area contributed by atoms with Crippen molar-refractivity contribution < 1.29 is 9.59 Å². The highest BCUT2D eigenvalue weighted by molar-refractivity contribution is 5.98. The van der Waals surface area contributed by atoms with E-state index in [1.165, 1.54) is 0 Å². The molecule has 0 radical (unpaired) electrons. The number of rotatable bonds is 3. The lowest BCUT2D eigenvalue weighted by molar-refractivity contribution is -0.119. The minimum atomic E-state index is -0.0957. The molecule has 5 heteroatoms. The van der Waals surface area contributed by atoms with Crippen LogP contribution >= 0.6 is 0 Å². The van der Waals surface area contributed by atoms with Crippen molar-refractivity contribution in [3.63, 3.8) is 0 Å². The van der Waals surface area contributed by atoms with Gasteiger partial charge in [0, 0.05) is 29.6 Å². The third-order valence-electron chi connectivity index (χ3n) is 5.50. The van der Waals surface area contributed by atoms with Crippen LogP contribution in [0.15, 0.2) is 42.5 Å². The topological polar surface area (TPSA) is 82.0 Å². The predicted octanol–water partition coefficient (Wildman–Crippen LogP) is 4.16. The second-order valence-electron chi connectivity index (χ2n) is 7.31. The number of benzene rings is 2. The smallest absolute Gasteiger partial charge is 0.227 e. The fourth-order valence-electron chi connectivity index (χ4n) is 4.10. The Labute approximate surface area is 158 Å². The van der Waals surface area contributed by atoms with Crippen LogP contribution in [0.4, 0.5) is 11.4 Å². The highest BCUT2D eigenvalue weighted by Gasteiger charge is 2.28. The van der Waals surface area contributed by atoms with Gasteiger partial charge in [0.25, 0.3) is 0 Å². The van der Waals surface area contributed by atoms with Gasteiger partial charge in [-0.25, -0.2) is 0 Å². The van der Waals surface area contributed by atoms with Gasteiger partial charge < -0.3 is 10.6 Å². The molecule has 0 aromatic heterocycles. The monoisotopic (exact) mass is 359 g/mol. The van der Waals surface area contributed by atoms with E-state index in [-0.39, 0.29) is 23.7 Å². The first-order valence-corrected chi connectivity index (χ1v) is 9.39. The van der Waals surface area contributed by atoms with Crippen LogP contribution in [-0.2, 0) is 9.59 Å². The molecule has 1 heterocycles. The van der Waals surface area contributed by atoms with E-state index in [1.54, 1.807) is 6.07 Å². The summed E-state index contributed by atoms with van der Waals surface area (Å²) in [5, 5.41) is 15.1. The SMILES string of the molecule is N#Cc1cccc(C2CC(=O)Nc3cc(NC(=O)C4CCCC4)ccc32)c1. The summed E-state index contributed by atoms with van der Waals surface area (Å²) >= 11 is 0. The van der Waals surface area contributed by atoms with E-state index in [4.69, 9.17) is 5.26 Å². The van der Waals surface area contributed by atoms with Crippen LogP contribution < -0.4 is 10.6 Å². The van der Waals surface area contributed by atoms with Gasteiger partial charge >= 0.3 is 0 Å². The quantitative estimate of drug-likeness (QED) is 0.863. The molecule has 136 valence electrons. The molecule has 5 nitrogen and oxygen atoms in total. The standard InChI is InChI=1S/C22H21N3O2/c23-13-14-4-3-7-16(10-14)19-12-21(26)25-20-11-17(8-9-18(19)20)24-22(27)15-5-1-2-6-15/h3-4,7-11,15,19H,1-2,5-6,12H2,(H,24,27)(H,25,26). The van der Waals surface area contributed by atoms with Crippen molar-refractivity contribution >= 4 is 23.2 Å². The predicted molar refractivity (Wildman–Crippen MR) is 103 cm³/mol. The van der Waals surface area contributed by atoms with Crippen LogP contribution in [0.3, 0.4) is 0 Å². The zero-order chi connectivity index (χ0) is 18.8. The molecule has 0 spiro atoms. The zero-order valence-electron chi connectivity index (χ0n) is 15.0. The number of fused-ring (bicyclic) bond motifs is 1. The van der Waals surface area contributed by atoms with Crippen molar-refractivity contribution in [2.45, 2.75) is 38.0 Å². The first-order valence-electron chi connectivity index (χ1n) is 9.39. The number of nitrogens with one attached hydrogen (secondary N) is 2. The number of hydrogen-bond acceptors (Lipinski definition) is 3. The van der Waals surface area contributed by atoms with Gasteiger partial charge in [-0.3, -0.25) is 9.59 Å². The number of amides is 2. The molecule has 2 N–H and O–H groups in total. The van der Waals surface area contributed by atoms with E-state index in [0.29, 0.717) is 17.7 Å². The molecule has 0 bridgehead atoms. The summed E-state index contributed by atoms with van der Waals surface area (Å²) in [5.74, 6) is 0.000662. The van der Waals surface area contributed by atoms with E-state index in [0.717, 1.165) is 42.5 Å². The molecule has 1 fully saturated rings. The Kier molecular flexibility index (Phi) is 4.64. The van der Waals surface area contributed by atoms with Crippen LogP contribution in [-0.4, -0.2) is 11.8 Å². The van der Waals surface area contributed by atoms with Gasteiger partial charge in [0.15, 0.2) is 0 Å². The van der Waals surface area contributed by atoms with Crippen molar-refractivity contribution in [1.82, 2.24) is 0 Å². The van der Waals surface area contributed by atoms with Crippen molar-refractivity contribution in [3.8, 4) is 6.07 Å². The van der Waals surface area contributed by atoms with Gasteiger partial charge in [0.2, 0.25) is 11.8 Å². The Balaban J connectivity index is 1.62. The number of nitrogens with zero attached hydrogens (tertiary/aromatic N) is 1. The molecule has 27 heavy (non-hydrogen) atoms. The summed E-state index contributed by atoms with van der Waals surface area (Å²) in [6.07, 6.45) is 4.47. The first-order chi connectivity index (χ1) is 13.1. The van der Waals surface area contributed by atoms with Crippen LogP contribution in [0.1, 0.15) is 54.7 Å². The fraction of sp³-hybridized carbons (Fsp3) is 0.318. The number of anilines is 2. The lowest BCUT2D eigenvalue weighted by Crippen LogP contribution is -2.24. The molecular formula is C22H21N3O2. The Morgan fingerprint density at radius 2 is 1.96 bits per heavy atom. The maximum Gasteiger partial charge on any atom is 0.227 e.